The van der Waals surface area contributed by atoms with Crippen molar-refractivity contribution in [3.63, 3.8) is 0 Å². The summed E-state index contributed by atoms with van der Waals surface area (Å²) < 4.78 is 0. The van der Waals surface area contributed by atoms with Crippen LogP contribution in [0, 0.1) is 0 Å². The third-order valence-electron chi connectivity index (χ3n) is 2.15. The van der Waals surface area contributed by atoms with Gasteiger partial charge in [0.1, 0.15) is 0 Å². The van der Waals surface area contributed by atoms with E-state index in [0.29, 0.717) is 0 Å². The third kappa shape index (κ3) is 4.25. The summed E-state index contributed by atoms with van der Waals surface area (Å²) in [4.78, 5) is 4.08. The SMILES string of the molecule is C[NH+]1CCN(CCN)CC1.[I-]. The molecule has 1 aliphatic rings. The summed E-state index contributed by atoms with van der Waals surface area (Å²) >= 11 is 0. The first-order valence-electron chi connectivity index (χ1n) is 4.06. The molecule has 3 nitrogen and oxygen atoms in total. The molecule has 0 bridgehead atoms. The number of hydrogen-bond donors (Lipinski definition) is 2. The molecule has 1 heterocycles. The number of halogens is 1. The van der Waals surface area contributed by atoms with E-state index in [9.17, 15) is 0 Å². The monoisotopic (exact) mass is 271 g/mol. The molecule has 68 valence electrons. The lowest BCUT2D eigenvalue weighted by atomic mass is 10.3. The zero-order valence-corrected chi connectivity index (χ0v) is 9.30. The van der Waals surface area contributed by atoms with E-state index in [0.717, 1.165) is 13.1 Å². The highest BCUT2D eigenvalue weighted by molar-refractivity contribution is 4.59. The fourth-order valence-corrected chi connectivity index (χ4v) is 1.34. The van der Waals surface area contributed by atoms with Gasteiger partial charge in [0.05, 0.1) is 20.1 Å². The summed E-state index contributed by atoms with van der Waals surface area (Å²) in [5.74, 6) is 0. The summed E-state index contributed by atoms with van der Waals surface area (Å²) in [5.41, 5.74) is 5.45. The van der Waals surface area contributed by atoms with E-state index < -0.39 is 0 Å². The normalized spacial score (nSPS) is 21.3. The van der Waals surface area contributed by atoms with Gasteiger partial charge in [-0.3, -0.25) is 4.90 Å². The highest BCUT2D eigenvalue weighted by atomic mass is 127. The highest BCUT2D eigenvalue weighted by Gasteiger charge is 2.14. The van der Waals surface area contributed by atoms with Gasteiger partial charge in [-0.25, -0.2) is 0 Å². The number of quaternary nitrogens is 1. The molecule has 0 unspecified atom stereocenters. The Morgan fingerprint density at radius 2 is 1.91 bits per heavy atom. The second kappa shape index (κ2) is 6.16. The van der Waals surface area contributed by atoms with Crippen molar-refractivity contribution in [1.29, 1.82) is 0 Å². The number of likely N-dealkylation sites (N-methyl/N-ethyl adjacent to an activating group) is 1. The van der Waals surface area contributed by atoms with Crippen LogP contribution in [0.1, 0.15) is 0 Å². The first kappa shape index (κ1) is 11.6. The molecule has 0 spiro atoms. The summed E-state index contributed by atoms with van der Waals surface area (Å²) in [6, 6.07) is 0. The van der Waals surface area contributed by atoms with Crippen molar-refractivity contribution in [3.8, 4) is 0 Å². The van der Waals surface area contributed by atoms with Gasteiger partial charge in [0.15, 0.2) is 0 Å². The number of nitrogens with one attached hydrogen (secondary N) is 1. The van der Waals surface area contributed by atoms with Crippen LogP contribution in [-0.4, -0.2) is 51.2 Å². The van der Waals surface area contributed by atoms with Crippen LogP contribution in [0.25, 0.3) is 0 Å². The van der Waals surface area contributed by atoms with Crippen molar-refractivity contribution in [2.45, 2.75) is 0 Å². The Labute approximate surface area is 85.9 Å². The molecule has 0 radical (unpaired) electrons. The molecule has 0 aromatic heterocycles. The Morgan fingerprint density at radius 1 is 1.36 bits per heavy atom. The Balaban J connectivity index is 0.000001000. The molecule has 1 rings (SSSR count). The predicted octanol–water partition coefficient (Wildman–Crippen LogP) is -5.22. The molecule has 0 aliphatic carbocycles. The Hall–Kier alpha value is 0.610. The predicted molar refractivity (Wildman–Crippen MR) is 42.1 cm³/mol. The molecule has 0 saturated carbocycles. The van der Waals surface area contributed by atoms with Crippen LogP contribution in [0.15, 0.2) is 0 Å². The maximum Gasteiger partial charge on any atom is 0.0898 e. The number of nitrogens with two attached hydrogens (primary N) is 1. The average Bonchev–Trinajstić information content (AvgIpc) is 1.95. The van der Waals surface area contributed by atoms with E-state index in [2.05, 4.69) is 11.9 Å². The van der Waals surface area contributed by atoms with E-state index in [1.54, 1.807) is 4.90 Å². The van der Waals surface area contributed by atoms with Gasteiger partial charge >= 0.3 is 0 Å². The zero-order valence-electron chi connectivity index (χ0n) is 7.15. The van der Waals surface area contributed by atoms with Crippen molar-refractivity contribution in [2.75, 3.05) is 46.3 Å². The van der Waals surface area contributed by atoms with E-state index in [-0.39, 0.29) is 24.0 Å². The molecule has 0 atom stereocenters. The minimum Gasteiger partial charge on any atom is -1.00 e. The lowest BCUT2D eigenvalue weighted by Crippen LogP contribution is -3.12. The van der Waals surface area contributed by atoms with Gasteiger partial charge in [-0.1, -0.05) is 0 Å². The smallest absolute Gasteiger partial charge is 0.0898 e. The maximum absolute atomic E-state index is 5.45. The van der Waals surface area contributed by atoms with Crippen molar-refractivity contribution in [3.05, 3.63) is 0 Å². The Bertz CT molecular complexity index is 91.7. The molecule has 11 heavy (non-hydrogen) atoms. The van der Waals surface area contributed by atoms with Crippen molar-refractivity contribution < 1.29 is 28.9 Å². The Morgan fingerprint density at radius 3 is 2.36 bits per heavy atom. The molecular weight excluding hydrogens is 253 g/mol. The van der Waals surface area contributed by atoms with Gasteiger partial charge in [0, 0.05) is 26.2 Å². The van der Waals surface area contributed by atoms with E-state index >= 15 is 0 Å². The van der Waals surface area contributed by atoms with E-state index in [1.165, 1.54) is 26.2 Å². The molecule has 0 aromatic carbocycles. The van der Waals surface area contributed by atoms with Crippen LogP contribution in [-0.2, 0) is 0 Å². The summed E-state index contributed by atoms with van der Waals surface area (Å²) in [5, 5.41) is 0. The summed E-state index contributed by atoms with van der Waals surface area (Å²) in [6.45, 7) is 6.89. The van der Waals surface area contributed by atoms with Gasteiger partial charge in [-0.15, -0.1) is 0 Å². The first-order chi connectivity index (χ1) is 4.83. The standard InChI is InChI=1S/C7H17N3.HI/c1-9-4-6-10(3-2-8)7-5-9;/h2-8H2,1H3;1H. The molecule has 1 aliphatic heterocycles. The molecule has 0 amide bonds. The minimum absolute atomic E-state index is 0. The van der Waals surface area contributed by atoms with Crippen LogP contribution in [0.3, 0.4) is 0 Å². The van der Waals surface area contributed by atoms with E-state index in [1.807, 2.05) is 0 Å². The van der Waals surface area contributed by atoms with Crippen LogP contribution in [0.4, 0.5) is 0 Å². The van der Waals surface area contributed by atoms with Crippen molar-refractivity contribution in [1.82, 2.24) is 4.90 Å². The van der Waals surface area contributed by atoms with Gasteiger partial charge in [-0.05, 0) is 0 Å². The largest absolute Gasteiger partial charge is 1.00 e. The van der Waals surface area contributed by atoms with Gasteiger partial charge in [0.25, 0.3) is 0 Å². The summed E-state index contributed by atoms with van der Waals surface area (Å²) in [6.07, 6.45) is 0. The van der Waals surface area contributed by atoms with Crippen LogP contribution in [0.5, 0.6) is 0 Å². The molecule has 3 N–H and O–H groups in total. The van der Waals surface area contributed by atoms with Crippen LogP contribution < -0.4 is 34.6 Å². The van der Waals surface area contributed by atoms with Crippen molar-refractivity contribution in [2.24, 2.45) is 5.73 Å². The van der Waals surface area contributed by atoms with Crippen molar-refractivity contribution >= 4 is 0 Å². The van der Waals surface area contributed by atoms with Gasteiger partial charge in [-0.2, -0.15) is 0 Å². The quantitative estimate of drug-likeness (QED) is 0.492. The first-order valence-corrected chi connectivity index (χ1v) is 4.06. The molecule has 4 heteroatoms. The topological polar surface area (TPSA) is 33.7 Å². The van der Waals surface area contributed by atoms with Crippen LogP contribution in [0.2, 0.25) is 0 Å². The fourth-order valence-electron chi connectivity index (χ4n) is 1.34. The second-order valence-electron chi connectivity index (χ2n) is 3.09. The molecule has 0 aromatic rings. The minimum atomic E-state index is 0. The van der Waals surface area contributed by atoms with Gasteiger partial charge in [0.2, 0.25) is 0 Å². The average molecular weight is 271 g/mol. The maximum atomic E-state index is 5.45. The number of hydrogen-bond acceptors (Lipinski definition) is 2. The van der Waals surface area contributed by atoms with Crippen LogP contribution >= 0.6 is 0 Å². The second-order valence-corrected chi connectivity index (χ2v) is 3.09. The lowest BCUT2D eigenvalue weighted by Gasteiger charge is -2.29. The number of piperazine rings is 1. The Kier molecular flexibility index (Phi) is 6.50. The zero-order chi connectivity index (χ0) is 7.40. The number of nitrogens with zero attached hydrogens (tertiary/aromatic N) is 1. The molecular formula is C7H18IN3. The lowest BCUT2D eigenvalue weighted by molar-refractivity contribution is -0.884. The third-order valence-corrected chi connectivity index (χ3v) is 2.15. The van der Waals surface area contributed by atoms with E-state index in [4.69, 9.17) is 5.73 Å². The number of rotatable bonds is 2. The highest BCUT2D eigenvalue weighted by Crippen LogP contribution is 1.85. The summed E-state index contributed by atoms with van der Waals surface area (Å²) in [7, 11) is 2.25. The fraction of sp³-hybridized carbons (Fsp3) is 1.00. The molecule has 1 fully saturated rings. The molecule has 1 saturated heterocycles. The van der Waals surface area contributed by atoms with Gasteiger partial charge < -0.3 is 34.6 Å².